The van der Waals surface area contributed by atoms with Crippen molar-refractivity contribution in [2.75, 3.05) is 6.54 Å². The molecule has 0 aliphatic carbocycles. The third-order valence-corrected chi connectivity index (χ3v) is 5.14. The molecule has 0 saturated carbocycles. The van der Waals surface area contributed by atoms with E-state index in [2.05, 4.69) is 6.58 Å². The fourth-order valence-electron chi connectivity index (χ4n) is 2.51. The number of amides is 1. The van der Waals surface area contributed by atoms with E-state index in [1.807, 2.05) is 0 Å². The fraction of sp³-hybridized carbons (Fsp3) is 0.111. The molecule has 1 amide bonds. The highest BCUT2D eigenvalue weighted by Crippen LogP contribution is 2.34. The monoisotopic (exact) mass is 386 g/mol. The Morgan fingerprint density at radius 3 is 2.81 bits per heavy atom. The number of furan rings is 1. The predicted octanol–water partition coefficient (Wildman–Crippen LogP) is 4.55. The summed E-state index contributed by atoms with van der Waals surface area (Å²) in [5.74, 6) is 0.898. The van der Waals surface area contributed by atoms with Crippen molar-refractivity contribution in [3.63, 3.8) is 0 Å². The van der Waals surface area contributed by atoms with Gasteiger partial charge in [0.1, 0.15) is 15.8 Å². The van der Waals surface area contributed by atoms with E-state index in [0.717, 1.165) is 5.56 Å². The maximum atomic E-state index is 12.3. The molecule has 2 aromatic rings. The molecule has 1 aromatic heterocycles. The number of thiocarbonyl (C=S) groups is 1. The molecule has 26 heavy (non-hydrogen) atoms. The van der Waals surface area contributed by atoms with Gasteiger partial charge < -0.3 is 4.42 Å². The number of hydrogen-bond acceptors (Lipinski definition) is 6. The Bertz CT molecular complexity index is 962. The van der Waals surface area contributed by atoms with Gasteiger partial charge in [0, 0.05) is 29.8 Å². The lowest BCUT2D eigenvalue weighted by atomic mass is 10.1. The average molecular weight is 386 g/mol. The summed E-state index contributed by atoms with van der Waals surface area (Å²) in [6.45, 7) is 5.67. The largest absolute Gasteiger partial charge is 0.457 e. The van der Waals surface area contributed by atoms with Crippen LogP contribution in [0.4, 0.5) is 5.69 Å². The van der Waals surface area contributed by atoms with E-state index >= 15 is 0 Å². The molecule has 1 aliphatic rings. The molecular weight excluding hydrogens is 372 g/mol. The van der Waals surface area contributed by atoms with Crippen LogP contribution in [0.2, 0.25) is 0 Å². The van der Waals surface area contributed by atoms with Crippen molar-refractivity contribution in [3.8, 4) is 11.3 Å². The van der Waals surface area contributed by atoms with Crippen molar-refractivity contribution in [2.24, 2.45) is 0 Å². The molecule has 1 saturated heterocycles. The van der Waals surface area contributed by atoms with Crippen molar-refractivity contribution in [1.29, 1.82) is 0 Å². The van der Waals surface area contributed by atoms with Gasteiger partial charge in [-0.1, -0.05) is 30.1 Å². The highest BCUT2D eigenvalue weighted by Gasteiger charge is 2.31. The second kappa shape index (κ2) is 7.27. The van der Waals surface area contributed by atoms with Gasteiger partial charge in [-0.15, -0.1) is 6.58 Å². The topological polar surface area (TPSA) is 76.6 Å². The Hall–Kier alpha value is -2.71. The smallest absolute Gasteiger partial charge is 0.272 e. The van der Waals surface area contributed by atoms with Gasteiger partial charge in [0.2, 0.25) is 0 Å². The lowest BCUT2D eigenvalue weighted by Crippen LogP contribution is -2.27. The lowest BCUT2D eigenvalue weighted by Gasteiger charge is -2.10. The Balaban J connectivity index is 1.86. The van der Waals surface area contributed by atoms with Crippen LogP contribution in [0.25, 0.3) is 17.4 Å². The van der Waals surface area contributed by atoms with Crippen molar-refractivity contribution < 1.29 is 14.1 Å². The van der Waals surface area contributed by atoms with E-state index in [0.29, 0.717) is 32.9 Å². The molecule has 8 heteroatoms. The predicted molar refractivity (Wildman–Crippen MR) is 106 cm³/mol. The average Bonchev–Trinajstić information content (AvgIpc) is 3.15. The van der Waals surface area contributed by atoms with Crippen LogP contribution in [0.5, 0.6) is 0 Å². The minimum absolute atomic E-state index is 0.0615. The zero-order valence-corrected chi connectivity index (χ0v) is 15.4. The zero-order valence-electron chi connectivity index (χ0n) is 13.8. The fourth-order valence-corrected chi connectivity index (χ4v) is 3.77. The molecule has 3 rings (SSSR count). The molecule has 0 radical (unpaired) electrons. The molecule has 0 atom stereocenters. The minimum atomic E-state index is -0.419. The second-order valence-corrected chi connectivity index (χ2v) is 7.22. The molecule has 2 heterocycles. The number of thioether (sulfide) groups is 1. The molecule has 0 bridgehead atoms. The quantitative estimate of drug-likeness (QED) is 0.247. The van der Waals surface area contributed by atoms with Crippen molar-refractivity contribution in [1.82, 2.24) is 4.90 Å². The third kappa shape index (κ3) is 3.47. The Morgan fingerprint density at radius 1 is 1.38 bits per heavy atom. The van der Waals surface area contributed by atoms with Crippen LogP contribution in [0.3, 0.4) is 0 Å². The summed E-state index contributed by atoms with van der Waals surface area (Å²) in [6, 6.07) is 8.29. The summed E-state index contributed by atoms with van der Waals surface area (Å²) in [5, 5.41) is 10.9. The molecule has 0 spiro atoms. The summed E-state index contributed by atoms with van der Waals surface area (Å²) >= 11 is 6.41. The van der Waals surface area contributed by atoms with E-state index < -0.39 is 4.92 Å². The van der Waals surface area contributed by atoms with Crippen molar-refractivity contribution in [3.05, 3.63) is 69.3 Å². The summed E-state index contributed by atoms with van der Waals surface area (Å²) in [6.07, 6.45) is 3.26. The maximum Gasteiger partial charge on any atom is 0.272 e. The van der Waals surface area contributed by atoms with Crippen LogP contribution in [0, 0.1) is 17.0 Å². The first-order chi connectivity index (χ1) is 12.4. The summed E-state index contributed by atoms with van der Waals surface area (Å²) in [4.78, 5) is 24.8. The van der Waals surface area contributed by atoms with E-state index in [9.17, 15) is 14.9 Å². The van der Waals surface area contributed by atoms with Gasteiger partial charge >= 0.3 is 0 Å². The molecular formula is C18H14N2O4S2. The van der Waals surface area contributed by atoms with Crippen LogP contribution >= 0.6 is 24.0 Å². The zero-order chi connectivity index (χ0) is 18.8. The number of benzene rings is 1. The van der Waals surface area contributed by atoms with E-state index in [4.69, 9.17) is 16.6 Å². The van der Waals surface area contributed by atoms with E-state index in [1.54, 1.807) is 43.3 Å². The molecule has 1 fully saturated rings. The van der Waals surface area contributed by atoms with Gasteiger partial charge in [-0.2, -0.15) is 0 Å². The second-order valence-electron chi connectivity index (χ2n) is 5.54. The summed E-state index contributed by atoms with van der Waals surface area (Å²) < 4.78 is 6.26. The van der Waals surface area contributed by atoms with Gasteiger partial charge in [0.25, 0.3) is 11.6 Å². The van der Waals surface area contributed by atoms with Crippen LogP contribution in [0.1, 0.15) is 11.3 Å². The summed E-state index contributed by atoms with van der Waals surface area (Å²) in [5.41, 5.74) is 1.34. The Kier molecular flexibility index (Phi) is 5.06. The Morgan fingerprint density at radius 2 is 2.15 bits per heavy atom. The number of hydrogen-bond donors (Lipinski definition) is 0. The van der Waals surface area contributed by atoms with Crippen LogP contribution in [0.15, 0.2) is 52.3 Å². The summed E-state index contributed by atoms with van der Waals surface area (Å²) in [7, 11) is 0. The molecule has 0 unspecified atom stereocenters. The molecule has 1 aliphatic heterocycles. The highest BCUT2D eigenvalue weighted by molar-refractivity contribution is 8.26. The van der Waals surface area contributed by atoms with Gasteiger partial charge in [-0.3, -0.25) is 19.8 Å². The van der Waals surface area contributed by atoms with Gasteiger partial charge in [-0.05, 0) is 31.2 Å². The van der Waals surface area contributed by atoms with Gasteiger partial charge in [-0.25, -0.2) is 0 Å². The van der Waals surface area contributed by atoms with Crippen molar-refractivity contribution in [2.45, 2.75) is 6.92 Å². The number of aryl methyl sites for hydroxylation is 1. The normalized spacial score (nSPS) is 15.7. The van der Waals surface area contributed by atoms with Crippen molar-refractivity contribution >= 4 is 46.0 Å². The number of carbonyl (C=O) groups excluding carboxylic acids is 1. The van der Waals surface area contributed by atoms with Gasteiger partial charge in [0.15, 0.2) is 0 Å². The number of rotatable bonds is 5. The molecule has 6 nitrogen and oxygen atoms in total. The molecule has 1 aromatic carbocycles. The SMILES string of the molecule is C=CCN1C(=O)/C(=C/c2ccc(-c3ccc([N+](=O)[O-])c(C)c3)o2)SC1=S. The third-order valence-electron chi connectivity index (χ3n) is 3.76. The first kappa shape index (κ1) is 18.1. The first-order valence-corrected chi connectivity index (χ1v) is 8.84. The highest BCUT2D eigenvalue weighted by atomic mass is 32.2. The van der Waals surface area contributed by atoms with Crippen LogP contribution in [-0.4, -0.2) is 26.6 Å². The maximum absolute atomic E-state index is 12.3. The number of nitro groups is 1. The van der Waals surface area contributed by atoms with E-state index in [-0.39, 0.29) is 11.6 Å². The minimum Gasteiger partial charge on any atom is -0.457 e. The number of nitro benzene ring substituents is 1. The molecule has 132 valence electrons. The molecule has 0 N–H and O–H groups in total. The standard InChI is InChI=1S/C18H14N2O4S2/c1-3-8-19-17(21)16(26-18(19)25)10-13-5-7-15(24-13)12-4-6-14(20(22)23)11(2)9-12/h3-7,9-10H,1,8H2,2H3/b16-10-. The Labute approximate surface area is 159 Å². The van der Waals surface area contributed by atoms with Crippen LogP contribution in [-0.2, 0) is 4.79 Å². The van der Waals surface area contributed by atoms with Crippen LogP contribution < -0.4 is 0 Å². The number of carbonyl (C=O) groups is 1. The van der Waals surface area contributed by atoms with E-state index in [1.165, 1.54) is 22.7 Å². The number of nitrogens with zero attached hydrogens (tertiary/aromatic N) is 2. The first-order valence-electron chi connectivity index (χ1n) is 7.62. The van der Waals surface area contributed by atoms with Gasteiger partial charge in [0.05, 0.1) is 9.83 Å². The lowest BCUT2D eigenvalue weighted by molar-refractivity contribution is -0.385.